The summed E-state index contributed by atoms with van der Waals surface area (Å²) in [4.78, 5) is 17.3. The number of anilines is 2. The Hall–Kier alpha value is -3.37. The van der Waals surface area contributed by atoms with Crippen LogP contribution < -0.4 is 10.6 Å². The van der Waals surface area contributed by atoms with Crippen LogP contribution in [-0.2, 0) is 17.6 Å². The van der Waals surface area contributed by atoms with E-state index in [4.69, 9.17) is 16.6 Å². The monoisotopic (exact) mass is 427 g/mol. The molecule has 154 valence electrons. The molecule has 1 aliphatic rings. The number of amides is 1. The molecule has 0 saturated carbocycles. The quantitative estimate of drug-likeness (QED) is 0.400. The molecule has 0 aliphatic heterocycles. The van der Waals surface area contributed by atoms with Crippen LogP contribution in [0.2, 0.25) is 5.02 Å². The van der Waals surface area contributed by atoms with Gasteiger partial charge < -0.3 is 10.6 Å². The molecule has 1 aliphatic carbocycles. The fraction of sp³-hybridized carbons (Fsp3) is 0.154. The molecule has 1 atom stereocenters. The SMILES string of the molecule is O=C(Cc1ccc(Cl)cc1)Nc1cccc2nc(N[C@@H]3CCc4ccccc43)ccc12. The Kier molecular flexibility index (Phi) is 5.31. The third-order valence-electron chi connectivity index (χ3n) is 5.74. The minimum absolute atomic E-state index is 0.0698. The van der Waals surface area contributed by atoms with E-state index in [1.165, 1.54) is 11.1 Å². The topological polar surface area (TPSA) is 54.0 Å². The maximum absolute atomic E-state index is 12.5. The fourth-order valence-electron chi connectivity index (χ4n) is 4.21. The number of carbonyl (C=O) groups excluding carboxylic acids is 1. The van der Waals surface area contributed by atoms with Crippen LogP contribution in [0.15, 0.2) is 78.9 Å². The largest absolute Gasteiger partial charge is 0.363 e. The first kappa shape index (κ1) is 19.6. The zero-order valence-electron chi connectivity index (χ0n) is 16.9. The molecule has 0 fully saturated rings. The standard InChI is InChI=1S/C26H22ClN3O/c27-19-11-8-17(9-12-19)16-26(31)30-23-7-3-6-22-21(23)13-15-25(28-22)29-24-14-10-18-4-1-2-5-20(18)24/h1-9,11-13,15,24H,10,14,16H2,(H,28,29)(H,30,31)/t24-/m1/s1. The number of pyridine rings is 1. The molecule has 31 heavy (non-hydrogen) atoms. The van der Waals surface area contributed by atoms with Gasteiger partial charge in [0.1, 0.15) is 5.82 Å². The Morgan fingerprint density at radius 2 is 1.81 bits per heavy atom. The van der Waals surface area contributed by atoms with Crippen molar-refractivity contribution in [2.75, 3.05) is 10.6 Å². The highest BCUT2D eigenvalue weighted by atomic mass is 35.5. The van der Waals surface area contributed by atoms with Crippen molar-refractivity contribution in [1.82, 2.24) is 4.98 Å². The summed E-state index contributed by atoms with van der Waals surface area (Å²) < 4.78 is 0. The Bertz CT molecular complexity index is 1250. The number of fused-ring (bicyclic) bond motifs is 2. The molecule has 3 aromatic carbocycles. The van der Waals surface area contributed by atoms with Gasteiger partial charge in [0, 0.05) is 10.4 Å². The number of aryl methyl sites for hydroxylation is 1. The van der Waals surface area contributed by atoms with Crippen LogP contribution >= 0.6 is 11.6 Å². The Balaban J connectivity index is 1.33. The van der Waals surface area contributed by atoms with Gasteiger partial charge in [-0.3, -0.25) is 4.79 Å². The number of aromatic nitrogens is 1. The molecular weight excluding hydrogens is 406 g/mol. The van der Waals surface area contributed by atoms with E-state index >= 15 is 0 Å². The van der Waals surface area contributed by atoms with Crippen LogP contribution in [0.5, 0.6) is 0 Å². The van der Waals surface area contributed by atoms with E-state index in [-0.39, 0.29) is 11.9 Å². The highest BCUT2D eigenvalue weighted by molar-refractivity contribution is 6.30. The number of carbonyl (C=O) groups is 1. The fourth-order valence-corrected chi connectivity index (χ4v) is 4.34. The number of hydrogen-bond acceptors (Lipinski definition) is 3. The van der Waals surface area contributed by atoms with Crippen LogP contribution in [-0.4, -0.2) is 10.9 Å². The van der Waals surface area contributed by atoms with E-state index in [2.05, 4.69) is 34.9 Å². The second-order valence-corrected chi connectivity index (χ2v) is 8.29. The summed E-state index contributed by atoms with van der Waals surface area (Å²) >= 11 is 5.92. The van der Waals surface area contributed by atoms with Gasteiger partial charge >= 0.3 is 0 Å². The van der Waals surface area contributed by atoms with E-state index < -0.39 is 0 Å². The summed E-state index contributed by atoms with van der Waals surface area (Å²) in [5, 5.41) is 8.18. The van der Waals surface area contributed by atoms with Crippen LogP contribution in [0.4, 0.5) is 11.5 Å². The molecule has 2 N–H and O–H groups in total. The van der Waals surface area contributed by atoms with Crippen molar-refractivity contribution >= 4 is 39.9 Å². The summed E-state index contributed by atoms with van der Waals surface area (Å²) in [5.74, 6) is 0.776. The first-order valence-electron chi connectivity index (χ1n) is 10.4. The molecule has 0 unspecified atom stereocenters. The van der Waals surface area contributed by atoms with Crippen molar-refractivity contribution in [1.29, 1.82) is 0 Å². The van der Waals surface area contributed by atoms with Gasteiger partial charge in [0.15, 0.2) is 0 Å². The first-order chi connectivity index (χ1) is 15.2. The van der Waals surface area contributed by atoms with Gasteiger partial charge in [0.25, 0.3) is 0 Å². The summed E-state index contributed by atoms with van der Waals surface area (Å²) in [6.07, 6.45) is 2.45. The zero-order chi connectivity index (χ0) is 21.2. The third kappa shape index (κ3) is 4.25. The van der Waals surface area contributed by atoms with E-state index in [0.717, 1.165) is 40.8 Å². The normalized spacial score (nSPS) is 14.9. The highest BCUT2D eigenvalue weighted by Crippen LogP contribution is 2.34. The van der Waals surface area contributed by atoms with Gasteiger partial charge in [-0.05, 0) is 65.9 Å². The number of nitrogens with zero attached hydrogens (tertiary/aromatic N) is 1. The van der Waals surface area contributed by atoms with Gasteiger partial charge in [0.05, 0.1) is 23.7 Å². The van der Waals surface area contributed by atoms with Gasteiger partial charge in [-0.1, -0.05) is 54.1 Å². The summed E-state index contributed by atoms with van der Waals surface area (Å²) in [6.45, 7) is 0. The zero-order valence-corrected chi connectivity index (χ0v) is 17.7. The van der Waals surface area contributed by atoms with Gasteiger partial charge in [-0.25, -0.2) is 4.98 Å². The third-order valence-corrected chi connectivity index (χ3v) is 5.99. The first-order valence-corrected chi connectivity index (χ1v) is 10.8. The number of halogens is 1. The maximum atomic E-state index is 12.5. The van der Waals surface area contributed by atoms with Crippen molar-refractivity contribution in [2.45, 2.75) is 25.3 Å². The molecular formula is C26H22ClN3O. The number of nitrogens with one attached hydrogen (secondary N) is 2. The van der Waals surface area contributed by atoms with Crippen molar-refractivity contribution in [3.05, 3.63) is 101 Å². The van der Waals surface area contributed by atoms with Gasteiger partial charge in [-0.2, -0.15) is 0 Å². The molecule has 5 rings (SSSR count). The lowest BCUT2D eigenvalue weighted by atomic mass is 10.1. The molecule has 4 nitrogen and oxygen atoms in total. The molecule has 0 radical (unpaired) electrons. The highest BCUT2D eigenvalue weighted by Gasteiger charge is 2.22. The van der Waals surface area contributed by atoms with Crippen LogP contribution in [0.25, 0.3) is 10.9 Å². The Morgan fingerprint density at radius 1 is 0.968 bits per heavy atom. The number of benzene rings is 3. The molecule has 1 aromatic heterocycles. The van der Waals surface area contributed by atoms with Gasteiger partial charge in [-0.15, -0.1) is 0 Å². The predicted octanol–water partition coefficient (Wildman–Crippen LogP) is 6.17. The van der Waals surface area contributed by atoms with Crippen LogP contribution in [0.3, 0.4) is 0 Å². The lowest BCUT2D eigenvalue weighted by molar-refractivity contribution is -0.115. The second-order valence-electron chi connectivity index (χ2n) is 7.85. The average Bonchev–Trinajstić information content (AvgIpc) is 3.18. The molecule has 0 saturated heterocycles. The van der Waals surface area contributed by atoms with E-state index in [9.17, 15) is 4.79 Å². The smallest absolute Gasteiger partial charge is 0.228 e. The summed E-state index contributed by atoms with van der Waals surface area (Å²) in [5.41, 5.74) is 5.30. The average molecular weight is 428 g/mol. The van der Waals surface area contributed by atoms with Gasteiger partial charge in [0.2, 0.25) is 5.91 Å². The number of hydrogen-bond donors (Lipinski definition) is 2. The van der Waals surface area contributed by atoms with Crippen molar-refractivity contribution in [3.63, 3.8) is 0 Å². The Labute approximate surface area is 186 Å². The minimum Gasteiger partial charge on any atom is -0.363 e. The summed E-state index contributed by atoms with van der Waals surface area (Å²) in [7, 11) is 0. The van der Waals surface area contributed by atoms with Crippen LogP contribution in [0.1, 0.15) is 29.2 Å². The van der Waals surface area contributed by atoms with E-state index in [0.29, 0.717) is 11.4 Å². The van der Waals surface area contributed by atoms with Crippen molar-refractivity contribution in [3.8, 4) is 0 Å². The molecule has 1 heterocycles. The Morgan fingerprint density at radius 3 is 2.68 bits per heavy atom. The molecule has 4 aromatic rings. The minimum atomic E-state index is -0.0698. The lowest BCUT2D eigenvalue weighted by Gasteiger charge is -2.16. The van der Waals surface area contributed by atoms with Crippen molar-refractivity contribution < 1.29 is 4.79 Å². The maximum Gasteiger partial charge on any atom is 0.228 e. The van der Waals surface area contributed by atoms with E-state index in [1.54, 1.807) is 12.1 Å². The number of rotatable bonds is 5. The van der Waals surface area contributed by atoms with Crippen LogP contribution in [0, 0.1) is 0 Å². The van der Waals surface area contributed by atoms with E-state index in [1.807, 2.05) is 42.5 Å². The molecule has 0 bridgehead atoms. The molecule has 5 heteroatoms. The molecule has 0 spiro atoms. The predicted molar refractivity (Wildman–Crippen MR) is 127 cm³/mol. The summed E-state index contributed by atoms with van der Waals surface area (Å²) in [6, 6.07) is 26.0. The lowest BCUT2D eigenvalue weighted by Crippen LogP contribution is -2.14. The molecule has 1 amide bonds. The van der Waals surface area contributed by atoms with Crippen molar-refractivity contribution in [2.24, 2.45) is 0 Å². The second kappa shape index (κ2) is 8.40.